The fourth-order valence-corrected chi connectivity index (χ4v) is 3.73. The van der Waals surface area contributed by atoms with E-state index >= 15 is 0 Å². The first-order valence-corrected chi connectivity index (χ1v) is 10.6. The number of hydrogen-bond acceptors (Lipinski definition) is 3. The highest BCUT2D eigenvalue weighted by atomic mass is 19.2. The van der Waals surface area contributed by atoms with E-state index in [-0.39, 0.29) is 5.76 Å². The Morgan fingerprint density at radius 2 is 1.82 bits per heavy atom. The van der Waals surface area contributed by atoms with E-state index in [1.165, 1.54) is 7.11 Å². The third-order valence-corrected chi connectivity index (χ3v) is 5.47. The minimum Gasteiger partial charge on any atom is -0.498 e. The van der Waals surface area contributed by atoms with Crippen LogP contribution in [0.4, 0.5) is 8.78 Å². The fraction of sp³-hybridized carbons (Fsp3) is 0.652. The number of halogens is 2. The monoisotopic (exact) mass is 396 g/mol. The second-order valence-electron chi connectivity index (χ2n) is 7.18. The number of hydrogen-bond donors (Lipinski definition) is 0. The zero-order valence-electron chi connectivity index (χ0n) is 17.7. The first-order chi connectivity index (χ1) is 13.6. The smallest absolute Gasteiger partial charge is 0.196 e. The van der Waals surface area contributed by atoms with Crippen LogP contribution in [0.2, 0.25) is 0 Å². The molecule has 0 amide bonds. The van der Waals surface area contributed by atoms with Crippen LogP contribution in [-0.4, -0.2) is 26.4 Å². The first kappa shape index (κ1) is 22.7. The fourth-order valence-electron chi connectivity index (χ4n) is 3.73. The van der Waals surface area contributed by atoms with E-state index in [1.54, 1.807) is 0 Å². The molecule has 0 radical (unpaired) electrons. The minimum atomic E-state index is -0.858. The quantitative estimate of drug-likeness (QED) is 0.501. The molecule has 0 aromatic rings. The number of ether oxygens (including phenoxy) is 3. The van der Waals surface area contributed by atoms with Gasteiger partial charge >= 0.3 is 0 Å². The van der Waals surface area contributed by atoms with Crippen LogP contribution in [0.5, 0.6) is 0 Å². The van der Waals surface area contributed by atoms with Crippen LogP contribution in [0.1, 0.15) is 65.7 Å². The molecule has 0 N–H and O–H groups in total. The van der Waals surface area contributed by atoms with Crippen molar-refractivity contribution in [3.63, 3.8) is 0 Å². The molecule has 0 bridgehead atoms. The van der Waals surface area contributed by atoms with Crippen molar-refractivity contribution in [2.24, 2.45) is 5.92 Å². The molecule has 28 heavy (non-hydrogen) atoms. The van der Waals surface area contributed by atoms with Gasteiger partial charge in [-0.25, -0.2) is 8.78 Å². The maximum Gasteiger partial charge on any atom is 0.196 e. The van der Waals surface area contributed by atoms with Gasteiger partial charge in [0.25, 0.3) is 0 Å². The predicted octanol–water partition coefficient (Wildman–Crippen LogP) is 6.68. The van der Waals surface area contributed by atoms with Gasteiger partial charge in [-0.15, -0.1) is 0 Å². The maximum absolute atomic E-state index is 14.3. The lowest BCUT2D eigenvalue weighted by Gasteiger charge is -2.29. The average Bonchev–Trinajstić information content (AvgIpc) is 2.76. The van der Waals surface area contributed by atoms with Crippen molar-refractivity contribution in [3.05, 3.63) is 46.5 Å². The van der Waals surface area contributed by atoms with Crippen molar-refractivity contribution in [3.8, 4) is 0 Å². The van der Waals surface area contributed by atoms with Crippen LogP contribution in [0.3, 0.4) is 0 Å². The molecule has 1 heterocycles. The zero-order valence-corrected chi connectivity index (χ0v) is 17.7. The summed E-state index contributed by atoms with van der Waals surface area (Å²) in [6, 6.07) is 0. The molecule has 1 fully saturated rings. The average molecular weight is 397 g/mol. The molecule has 3 aliphatic rings. The van der Waals surface area contributed by atoms with Crippen molar-refractivity contribution in [2.75, 3.05) is 20.3 Å². The van der Waals surface area contributed by atoms with Crippen molar-refractivity contribution in [2.45, 2.75) is 71.8 Å². The van der Waals surface area contributed by atoms with Gasteiger partial charge in [0, 0.05) is 18.8 Å². The van der Waals surface area contributed by atoms with Gasteiger partial charge < -0.3 is 14.2 Å². The van der Waals surface area contributed by atoms with Gasteiger partial charge in [-0.1, -0.05) is 26.8 Å². The van der Waals surface area contributed by atoms with Gasteiger partial charge in [0.2, 0.25) is 0 Å². The Hall–Kier alpha value is -1.62. The van der Waals surface area contributed by atoms with E-state index in [4.69, 9.17) is 14.2 Å². The van der Waals surface area contributed by atoms with Gasteiger partial charge in [0.1, 0.15) is 5.76 Å². The molecule has 0 saturated carbocycles. The van der Waals surface area contributed by atoms with Gasteiger partial charge in [-0.3, -0.25) is 0 Å². The third-order valence-electron chi connectivity index (χ3n) is 5.47. The molecule has 1 aliphatic heterocycles. The Labute approximate surface area is 168 Å². The summed E-state index contributed by atoms with van der Waals surface area (Å²) in [5.41, 5.74) is 1.32. The lowest BCUT2D eigenvalue weighted by atomic mass is 9.89. The second kappa shape index (κ2) is 11.4. The van der Waals surface area contributed by atoms with E-state index in [0.717, 1.165) is 43.6 Å². The Balaban J connectivity index is 0.00000136. The highest BCUT2D eigenvalue weighted by Crippen LogP contribution is 2.38. The Morgan fingerprint density at radius 3 is 2.39 bits per heavy atom. The predicted molar refractivity (Wildman–Crippen MR) is 108 cm³/mol. The topological polar surface area (TPSA) is 27.7 Å². The lowest BCUT2D eigenvalue weighted by molar-refractivity contribution is -0.0356. The van der Waals surface area contributed by atoms with Gasteiger partial charge in [-0.2, -0.15) is 0 Å². The van der Waals surface area contributed by atoms with E-state index in [2.05, 4.69) is 6.92 Å². The lowest BCUT2D eigenvalue weighted by Crippen LogP contribution is -2.28. The van der Waals surface area contributed by atoms with Crippen LogP contribution in [0.25, 0.3) is 0 Å². The highest BCUT2D eigenvalue weighted by Gasteiger charge is 2.26. The Morgan fingerprint density at radius 1 is 1.04 bits per heavy atom. The Kier molecular flexibility index (Phi) is 9.23. The summed E-state index contributed by atoms with van der Waals surface area (Å²) in [7, 11) is 1.37. The SMILES string of the molecule is CC.CCC1CCC(COC2=CC=C(C3=C(F)C(F)=C(OC)CC3)CC2)CO1. The summed E-state index contributed by atoms with van der Waals surface area (Å²) in [6.07, 6.45) is 9.72. The van der Waals surface area contributed by atoms with E-state index in [0.29, 0.717) is 43.5 Å². The number of methoxy groups -OCH3 is 1. The summed E-state index contributed by atoms with van der Waals surface area (Å²) in [5, 5.41) is 0. The summed E-state index contributed by atoms with van der Waals surface area (Å²) < 4.78 is 44.9. The molecule has 0 aromatic carbocycles. The molecule has 2 aliphatic carbocycles. The largest absolute Gasteiger partial charge is 0.498 e. The van der Waals surface area contributed by atoms with Crippen molar-refractivity contribution >= 4 is 0 Å². The number of rotatable bonds is 6. The second-order valence-corrected chi connectivity index (χ2v) is 7.18. The van der Waals surface area contributed by atoms with Crippen LogP contribution < -0.4 is 0 Å². The van der Waals surface area contributed by atoms with Crippen LogP contribution in [0, 0.1) is 5.92 Å². The molecule has 0 spiro atoms. The minimum absolute atomic E-state index is 0.0993. The van der Waals surface area contributed by atoms with Crippen LogP contribution >= 0.6 is 0 Å². The molecule has 2 unspecified atom stereocenters. The maximum atomic E-state index is 14.3. The number of allylic oxidation sites excluding steroid dienone is 8. The standard InChI is InChI=1S/C21H28F2O3.C2H6/c1-3-16-7-4-14(12-25-16)13-26-17-8-5-15(6-9-17)18-10-11-19(24-2)21(23)20(18)22;1-2/h5,8,14,16H,3-4,6-7,9-13H2,1-2H3;1-2H3. The molecule has 158 valence electrons. The van der Waals surface area contributed by atoms with Crippen molar-refractivity contribution in [1.29, 1.82) is 0 Å². The zero-order chi connectivity index (χ0) is 20.5. The van der Waals surface area contributed by atoms with Crippen LogP contribution in [0.15, 0.2) is 46.5 Å². The summed E-state index contributed by atoms with van der Waals surface area (Å²) in [4.78, 5) is 0. The molecule has 3 rings (SSSR count). The first-order valence-electron chi connectivity index (χ1n) is 10.6. The van der Waals surface area contributed by atoms with Crippen molar-refractivity contribution < 1.29 is 23.0 Å². The summed E-state index contributed by atoms with van der Waals surface area (Å²) >= 11 is 0. The summed E-state index contributed by atoms with van der Waals surface area (Å²) in [6.45, 7) is 7.58. The highest BCUT2D eigenvalue weighted by molar-refractivity contribution is 5.45. The van der Waals surface area contributed by atoms with Gasteiger partial charge in [0.05, 0.1) is 32.2 Å². The van der Waals surface area contributed by atoms with E-state index in [9.17, 15) is 8.78 Å². The van der Waals surface area contributed by atoms with E-state index in [1.807, 2.05) is 26.0 Å². The molecule has 3 nitrogen and oxygen atoms in total. The molecule has 0 aromatic heterocycles. The van der Waals surface area contributed by atoms with E-state index < -0.39 is 11.7 Å². The molecule has 5 heteroatoms. The normalized spacial score (nSPS) is 25.5. The third kappa shape index (κ3) is 5.69. The van der Waals surface area contributed by atoms with Gasteiger partial charge in [-0.05, 0) is 49.3 Å². The molecule has 1 saturated heterocycles. The molecular formula is C23H34F2O3. The molecule has 2 atom stereocenters. The van der Waals surface area contributed by atoms with Crippen molar-refractivity contribution in [1.82, 2.24) is 0 Å². The summed E-state index contributed by atoms with van der Waals surface area (Å²) in [5.74, 6) is -0.182. The Bertz CT molecular complexity index is 638. The van der Waals surface area contributed by atoms with Crippen LogP contribution in [-0.2, 0) is 14.2 Å². The molecular weight excluding hydrogens is 362 g/mol. The van der Waals surface area contributed by atoms with Gasteiger partial charge in [0.15, 0.2) is 11.7 Å².